The second-order valence-corrected chi connectivity index (χ2v) is 3.77. The number of carboxylic acid groups (broad SMARTS) is 1. The lowest BCUT2D eigenvalue weighted by atomic mass is 9.97. The highest BCUT2D eigenvalue weighted by molar-refractivity contribution is 5.77. The normalized spacial score (nSPS) is 12.1. The molecule has 0 bridgehead atoms. The van der Waals surface area contributed by atoms with Crippen molar-refractivity contribution in [2.24, 2.45) is 0 Å². The Hall–Kier alpha value is -0.610. The van der Waals surface area contributed by atoms with Gasteiger partial charge < -0.3 is 14.6 Å². The third-order valence-corrected chi connectivity index (χ3v) is 2.44. The minimum absolute atomic E-state index is 0.149. The van der Waals surface area contributed by atoms with E-state index in [1.807, 2.05) is 27.7 Å². The molecule has 90 valence electrons. The molecule has 0 aromatic carbocycles. The molecule has 0 aliphatic rings. The van der Waals surface area contributed by atoms with Crippen LogP contribution in [0.1, 0.15) is 40.5 Å². The monoisotopic (exact) mass is 218 g/mol. The van der Waals surface area contributed by atoms with E-state index in [1.165, 1.54) is 0 Å². The fourth-order valence-electron chi connectivity index (χ4n) is 1.34. The molecule has 0 atom stereocenters. The number of rotatable bonds is 8. The van der Waals surface area contributed by atoms with Crippen LogP contribution in [0, 0.1) is 0 Å². The lowest BCUT2D eigenvalue weighted by molar-refractivity contribution is -0.169. The van der Waals surface area contributed by atoms with Gasteiger partial charge in [0.2, 0.25) is 0 Å². The van der Waals surface area contributed by atoms with Gasteiger partial charge in [0.25, 0.3) is 0 Å². The lowest BCUT2D eigenvalue weighted by Crippen LogP contribution is -2.41. The van der Waals surface area contributed by atoms with Gasteiger partial charge in [-0.2, -0.15) is 0 Å². The van der Waals surface area contributed by atoms with Crippen molar-refractivity contribution < 1.29 is 19.4 Å². The fraction of sp³-hybridized carbons (Fsp3) is 0.909. The van der Waals surface area contributed by atoms with E-state index in [4.69, 9.17) is 14.6 Å². The molecule has 0 aromatic heterocycles. The van der Waals surface area contributed by atoms with Crippen molar-refractivity contribution in [1.82, 2.24) is 0 Å². The van der Waals surface area contributed by atoms with Crippen LogP contribution in [0.5, 0.6) is 0 Å². The maximum atomic E-state index is 11.0. The zero-order valence-electron chi connectivity index (χ0n) is 10.1. The molecule has 0 unspecified atom stereocenters. The summed E-state index contributed by atoms with van der Waals surface area (Å²) in [5.74, 6) is -0.892. The number of aliphatic carboxylic acids is 1. The lowest BCUT2D eigenvalue weighted by Gasteiger charge is -2.27. The molecule has 0 radical (unpaired) electrons. The van der Waals surface area contributed by atoms with Crippen LogP contribution in [0.3, 0.4) is 0 Å². The molecule has 0 saturated carbocycles. The Balaban J connectivity index is 4.02. The van der Waals surface area contributed by atoms with Gasteiger partial charge in [0.1, 0.15) is 0 Å². The number of hydrogen-bond acceptors (Lipinski definition) is 3. The van der Waals surface area contributed by atoms with E-state index >= 15 is 0 Å². The summed E-state index contributed by atoms with van der Waals surface area (Å²) in [5, 5.41) is 9.07. The maximum absolute atomic E-state index is 11.0. The third kappa shape index (κ3) is 4.62. The van der Waals surface area contributed by atoms with Gasteiger partial charge in [-0.3, -0.25) is 0 Å². The van der Waals surface area contributed by atoms with Crippen molar-refractivity contribution in [1.29, 1.82) is 0 Å². The maximum Gasteiger partial charge on any atom is 0.335 e. The summed E-state index contributed by atoms with van der Waals surface area (Å²) in [5.41, 5.74) is -1.04. The minimum atomic E-state index is -1.04. The minimum Gasteiger partial charge on any atom is -0.479 e. The molecule has 0 rings (SSSR count). The van der Waals surface area contributed by atoms with Crippen molar-refractivity contribution >= 4 is 5.97 Å². The van der Waals surface area contributed by atoms with Gasteiger partial charge in [-0.05, 0) is 26.7 Å². The smallest absolute Gasteiger partial charge is 0.335 e. The summed E-state index contributed by atoms with van der Waals surface area (Å²) < 4.78 is 10.7. The van der Waals surface area contributed by atoms with Crippen LogP contribution >= 0.6 is 0 Å². The third-order valence-electron chi connectivity index (χ3n) is 2.44. The van der Waals surface area contributed by atoms with Crippen LogP contribution in [0.25, 0.3) is 0 Å². The van der Waals surface area contributed by atoms with Crippen molar-refractivity contribution in [3.63, 3.8) is 0 Å². The molecule has 0 spiro atoms. The van der Waals surface area contributed by atoms with Crippen molar-refractivity contribution in [2.45, 2.75) is 52.2 Å². The molecule has 0 aromatic rings. The molecule has 1 N–H and O–H groups in total. The number of carbonyl (C=O) groups is 1. The highest BCUT2D eigenvalue weighted by Crippen LogP contribution is 2.20. The molecule has 4 heteroatoms. The van der Waals surface area contributed by atoms with Crippen LogP contribution in [0.2, 0.25) is 0 Å². The zero-order valence-corrected chi connectivity index (χ0v) is 10.1. The summed E-state index contributed by atoms with van der Waals surface area (Å²) in [6.45, 7) is 8.27. The van der Waals surface area contributed by atoms with Crippen molar-refractivity contribution in [3.8, 4) is 0 Å². The van der Waals surface area contributed by atoms with E-state index in [0.717, 1.165) is 0 Å². The second kappa shape index (κ2) is 6.80. The first-order valence-electron chi connectivity index (χ1n) is 5.47. The molecule has 0 aliphatic carbocycles. The molecular formula is C11H22O4. The Labute approximate surface area is 91.6 Å². The van der Waals surface area contributed by atoms with Gasteiger partial charge >= 0.3 is 5.97 Å². The van der Waals surface area contributed by atoms with E-state index in [0.29, 0.717) is 26.1 Å². The van der Waals surface area contributed by atoms with Crippen LogP contribution in [0.4, 0.5) is 0 Å². The van der Waals surface area contributed by atoms with E-state index in [1.54, 1.807) is 0 Å². The summed E-state index contributed by atoms with van der Waals surface area (Å²) in [6.07, 6.45) is 1.09. The molecule has 0 amide bonds. The SMILES string of the molecule is CCC(CC)(OCCOC(C)C)C(=O)O. The van der Waals surface area contributed by atoms with E-state index in [9.17, 15) is 4.79 Å². The topological polar surface area (TPSA) is 55.8 Å². The highest BCUT2D eigenvalue weighted by Gasteiger charge is 2.35. The van der Waals surface area contributed by atoms with Crippen molar-refractivity contribution in [3.05, 3.63) is 0 Å². The van der Waals surface area contributed by atoms with Gasteiger partial charge in [-0.15, -0.1) is 0 Å². The Bertz CT molecular complexity index is 185. The predicted octanol–water partition coefficient (Wildman–Crippen LogP) is 2.07. The largest absolute Gasteiger partial charge is 0.479 e. The molecule has 0 fully saturated rings. The van der Waals surface area contributed by atoms with Gasteiger partial charge in [0, 0.05) is 0 Å². The first kappa shape index (κ1) is 14.4. The number of carboxylic acids is 1. The van der Waals surface area contributed by atoms with Gasteiger partial charge in [-0.1, -0.05) is 13.8 Å². The van der Waals surface area contributed by atoms with Crippen LogP contribution in [-0.2, 0) is 14.3 Å². The fourth-order valence-corrected chi connectivity index (χ4v) is 1.34. The summed E-state index contributed by atoms with van der Waals surface area (Å²) in [6, 6.07) is 0. The number of hydrogen-bond donors (Lipinski definition) is 1. The highest BCUT2D eigenvalue weighted by atomic mass is 16.6. The van der Waals surface area contributed by atoms with E-state index in [2.05, 4.69) is 0 Å². The molecule has 4 nitrogen and oxygen atoms in total. The Morgan fingerprint density at radius 1 is 1.27 bits per heavy atom. The van der Waals surface area contributed by atoms with Gasteiger partial charge in [0.05, 0.1) is 19.3 Å². The van der Waals surface area contributed by atoms with Crippen LogP contribution < -0.4 is 0 Å². The number of ether oxygens (including phenoxy) is 2. The Morgan fingerprint density at radius 2 is 1.80 bits per heavy atom. The quantitative estimate of drug-likeness (QED) is 0.634. The Morgan fingerprint density at radius 3 is 2.13 bits per heavy atom. The average molecular weight is 218 g/mol. The first-order valence-corrected chi connectivity index (χ1v) is 5.47. The van der Waals surface area contributed by atoms with E-state index in [-0.39, 0.29) is 6.10 Å². The van der Waals surface area contributed by atoms with Crippen LogP contribution in [0.15, 0.2) is 0 Å². The van der Waals surface area contributed by atoms with Gasteiger partial charge in [0.15, 0.2) is 5.60 Å². The summed E-state index contributed by atoms with van der Waals surface area (Å²) >= 11 is 0. The van der Waals surface area contributed by atoms with E-state index < -0.39 is 11.6 Å². The first-order chi connectivity index (χ1) is 6.98. The van der Waals surface area contributed by atoms with Gasteiger partial charge in [-0.25, -0.2) is 4.79 Å². The Kier molecular flexibility index (Phi) is 6.52. The molecule has 0 heterocycles. The zero-order chi connectivity index (χ0) is 11.9. The molecule has 0 aliphatic heterocycles. The summed E-state index contributed by atoms with van der Waals surface area (Å²) in [7, 11) is 0. The standard InChI is InChI=1S/C11H22O4/c1-5-11(6-2,10(12)13)15-8-7-14-9(3)4/h9H,5-8H2,1-4H3,(H,12,13). The average Bonchev–Trinajstić information content (AvgIpc) is 2.18. The van der Waals surface area contributed by atoms with Crippen molar-refractivity contribution in [2.75, 3.05) is 13.2 Å². The molecular weight excluding hydrogens is 196 g/mol. The summed E-state index contributed by atoms with van der Waals surface area (Å²) in [4.78, 5) is 11.0. The molecule has 15 heavy (non-hydrogen) atoms. The molecule has 0 saturated heterocycles. The van der Waals surface area contributed by atoms with Crippen LogP contribution in [-0.4, -0.2) is 36.0 Å². The second-order valence-electron chi connectivity index (χ2n) is 3.77. The predicted molar refractivity (Wildman–Crippen MR) is 58.0 cm³/mol.